The van der Waals surface area contributed by atoms with Crippen LogP contribution < -0.4 is 10.6 Å². The lowest BCUT2D eigenvalue weighted by atomic mass is 9.88. The molecule has 1 fully saturated rings. The van der Waals surface area contributed by atoms with Crippen LogP contribution in [0, 0.1) is 0 Å². The van der Waals surface area contributed by atoms with Crippen LogP contribution in [0.1, 0.15) is 63.5 Å². The quantitative estimate of drug-likeness (QED) is 0.346. The van der Waals surface area contributed by atoms with Crippen LogP contribution in [-0.4, -0.2) is 49.9 Å². The molecule has 7 heteroatoms. The minimum Gasteiger partial charge on any atom is -0.389 e. The highest BCUT2D eigenvalue weighted by atomic mass is 16.3. The highest BCUT2D eigenvalue weighted by Crippen LogP contribution is 2.38. The average molecular weight is 447 g/mol. The Labute approximate surface area is 194 Å². The van der Waals surface area contributed by atoms with Gasteiger partial charge in [0, 0.05) is 29.2 Å². The van der Waals surface area contributed by atoms with Gasteiger partial charge >= 0.3 is 0 Å². The van der Waals surface area contributed by atoms with Gasteiger partial charge in [-0.3, -0.25) is 0 Å². The standard InChI is InChI=1S/C26H34N6O/c1-16(2)23-20-11-18(17-7-9-27-10-8-17)5-6-21(20)31-24(23)19-12-22(28-14-26(3,4)33)25-29-15-30-32(25)13-19/h5-6,11-13,15-17,27-28,31,33H,7-10,14H2,1-4H3. The molecule has 4 N–H and O–H groups in total. The number of hydrogen-bond acceptors (Lipinski definition) is 5. The number of anilines is 1. The fourth-order valence-electron chi connectivity index (χ4n) is 4.97. The molecule has 1 aliphatic rings. The number of hydrogen-bond donors (Lipinski definition) is 4. The van der Waals surface area contributed by atoms with Gasteiger partial charge in [-0.2, -0.15) is 5.10 Å². The molecule has 1 saturated heterocycles. The van der Waals surface area contributed by atoms with E-state index in [1.165, 1.54) is 29.4 Å². The molecule has 0 saturated carbocycles. The molecule has 0 amide bonds. The van der Waals surface area contributed by atoms with Crippen LogP contribution in [-0.2, 0) is 0 Å². The van der Waals surface area contributed by atoms with Crippen LogP contribution in [0.25, 0.3) is 27.8 Å². The van der Waals surface area contributed by atoms with Crippen molar-refractivity contribution in [3.8, 4) is 11.3 Å². The van der Waals surface area contributed by atoms with E-state index in [4.69, 9.17) is 0 Å². The van der Waals surface area contributed by atoms with Crippen molar-refractivity contribution in [1.82, 2.24) is 24.9 Å². The number of pyridine rings is 1. The zero-order chi connectivity index (χ0) is 23.2. The number of fused-ring (bicyclic) bond motifs is 2. The average Bonchev–Trinajstić information content (AvgIpc) is 3.41. The van der Waals surface area contributed by atoms with E-state index in [9.17, 15) is 5.11 Å². The topological polar surface area (TPSA) is 90.3 Å². The lowest BCUT2D eigenvalue weighted by Crippen LogP contribution is -2.29. The van der Waals surface area contributed by atoms with Crippen molar-refractivity contribution in [3.63, 3.8) is 0 Å². The summed E-state index contributed by atoms with van der Waals surface area (Å²) in [6.07, 6.45) is 5.98. The van der Waals surface area contributed by atoms with Crippen molar-refractivity contribution in [2.45, 2.75) is 58.0 Å². The van der Waals surface area contributed by atoms with Crippen molar-refractivity contribution in [2.75, 3.05) is 25.0 Å². The van der Waals surface area contributed by atoms with Gasteiger partial charge in [0.15, 0.2) is 5.65 Å². The Balaban J connectivity index is 1.62. The maximum Gasteiger partial charge on any atom is 0.178 e. The van der Waals surface area contributed by atoms with Gasteiger partial charge < -0.3 is 20.7 Å². The second kappa shape index (κ2) is 8.47. The molecule has 7 nitrogen and oxygen atoms in total. The molecule has 174 valence electrons. The summed E-state index contributed by atoms with van der Waals surface area (Å²) in [4.78, 5) is 8.11. The molecule has 0 aliphatic carbocycles. The minimum atomic E-state index is -0.831. The smallest absolute Gasteiger partial charge is 0.178 e. The minimum absolute atomic E-state index is 0.358. The summed E-state index contributed by atoms with van der Waals surface area (Å²) in [5, 5.41) is 22.8. The van der Waals surface area contributed by atoms with Crippen LogP contribution in [0.2, 0.25) is 0 Å². The van der Waals surface area contributed by atoms with E-state index in [1.807, 2.05) is 6.20 Å². The van der Waals surface area contributed by atoms with E-state index < -0.39 is 5.60 Å². The number of aromatic amines is 1. The molecule has 0 unspecified atom stereocenters. The monoisotopic (exact) mass is 446 g/mol. The molecular formula is C26H34N6O. The van der Waals surface area contributed by atoms with Gasteiger partial charge in [-0.25, -0.2) is 9.50 Å². The molecular weight excluding hydrogens is 412 g/mol. The van der Waals surface area contributed by atoms with Gasteiger partial charge in [0.1, 0.15) is 6.33 Å². The van der Waals surface area contributed by atoms with Crippen molar-refractivity contribution in [1.29, 1.82) is 0 Å². The lowest BCUT2D eigenvalue weighted by Gasteiger charge is -2.23. The van der Waals surface area contributed by atoms with Crippen molar-refractivity contribution in [3.05, 3.63) is 47.9 Å². The number of aliphatic hydroxyl groups is 1. The third-order valence-corrected chi connectivity index (χ3v) is 6.63. The Hall–Kier alpha value is -2.90. The van der Waals surface area contributed by atoms with E-state index in [-0.39, 0.29) is 0 Å². The first-order valence-electron chi connectivity index (χ1n) is 12.0. The zero-order valence-corrected chi connectivity index (χ0v) is 19.9. The van der Waals surface area contributed by atoms with E-state index in [0.717, 1.165) is 41.2 Å². The molecule has 1 aromatic carbocycles. The predicted octanol–water partition coefficient (Wildman–Crippen LogP) is 4.65. The Kier molecular flexibility index (Phi) is 5.62. The summed E-state index contributed by atoms with van der Waals surface area (Å²) in [6, 6.07) is 9.05. The Bertz CT molecular complexity index is 1270. The molecule has 4 aromatic rings. The van der Waals surface area contributed by atoms with Gasteiger partial charge in [0.25, 0.3) is 0 Å². The summed E-state index contributed by atoms with van der Waals surface area (Å²) in [6.45, 7) is 10.7. The maximum atomic E-state index is 10.2. The van der Waals surface area contributed by atoms with Crippen molar-refractivity contribution < 1.29 is 5.11 Å². The predicted molar refractivity (Wildman–Crippen MR) is 134 cm³/mol. The van der Waals surface area contributed by atoms with E-state index in [1.54, 1.807) is 24.7 Å². The van der Waals surface area contributed by atoms with Crippen LogP contribution >= 0.6 is 0 Å². The molecule has 0 bridgehead atoms. The third-order valence-electron chi connectivity index (χ3n) is 6.63. The number of rotatable bonds is 6. The zero-order valence-electron chi connectivity index (χ0n) is 19.9. The van der Waals surface area contributed by atoms with Crippen molar-refractivity contribution >= 4 is 22.2 Å². The molecule has 3 aromatic heterocycles. The summed E-state index contributed by atoms with van der Waals surface area (Å²) in [5.74, 6) is 0.981. The van der Waals surface area contributed by atoms with Crippen molar-refractivity contribution in [2.24, 2.45) is 0 Å². The molecule has 4 heterocycles. The summed E-state index contributed by atoms with van der Waals surface area (Å²) in [7, 11) is 0. The van der Waals surface area contributed by atoms with Crippen LogP contribution in [0.4, 0.5) is 5.69 Å². The van der Waals surface area contributed by atoms with Gasteiger partial charge in [-0.05, 0) is 80.9 Å². The van der Waals surface area contributed by atoms with Crippen LogP contribution in [0.3, 0.4) is 0 Å². The fraction of sp³-hybridized carbons (Fsp3) is 0.462. The number of nitrogens with one attached hydrogen (secondary N) is 3. The van der Waals surface area contributed by atoms with E-state index in [0.29, 0.717) is 18.4 Å². The Morgan fingerprint density at radius 3 is 2.73 bits per heavy atom. The Morgan fingerprint density at radius 2 is 2.00 bits per heavy atom. The van der Waals surface area contributed by atoms with Gasteiger partial charge in [-0.15, -0.1) is 0 Å². The first-order valence-corrected chi connectivity index (χ1v) is 12.0. The molecule has 0 radical (unpaired) electrons. The summed E-state index contributed by atoms with van der Waals surface area (Å²) < 4.78 is 1.80. The second-order valence-corrected chi connectivity index (χ2v) is 10.2. The largest absolute Gasteiger partial charge is 0.389 e. The number of aromatic nitrogens is 4. The second-order valence-electron chi connectivity index (χ2n) is 10.2. The Morgan fingerprint density at radius 1 is 1.21 bits per heavy atom. The number of piperidine rings is 1. The number of benzene rings is 1. The summed E-state index contributed by atoms with van der Waals surface area (Å²) >= 11 is 0. The van der Waals surface area contributed by atoms with Gasteiger partial charge in [0.2, 0.25) is 0 Å². The SMILES string of the molecule is CC(C)c1c(-c2cc(NCC(C)(C)O)c3ncnn3c2)[nH]c2ccc(C3CCNCC3)cc12. The number of nitrogens with zero attached hydrogens (tertiary/aromatic N) is 3. The molecule has 1 aliphatic heterocycles. The van der Waals surface area contributed by atoms with E-state index in [2.05, 4.69) is 63.8 Å². The van der Waals surface area contributed by atoms with Crippen LogP contribution in [0.5, 0.6) is 0 Å². The highest BCUT2D eigenvalue weighted by Gasteiger charge is 2.21. The maximum absolute atomic E-state index is 10.2. The first kappa shape index (κ1) is 21.9. The number of H-pyrrole nitrogens is 1. The third kappa shape index (κ3) is 4.35. The summed E-state index contributed by atoms with van der Waals surface area (Å²) in [5.41, 5.74) is 6.87. The first-order chi connectivity index (χ1) is 15.8. The van der Waals surface area contributed by atoms with Gasteiger partial charge in [0.05, 0.1) is 17.0 Å². The molecule has 5 rings (SSSR count). The molecule has 0 atom stereocenters. The lowest BCUT2D eigenvalue weighted by molar-refractivity contribution is 0.0945. The van der Waals surface area contributed by atoms with Crippen LogP contribution in [0.15, 0.2) is 36.8 Å². The van der Waals surface area contributed by atoms with Gasteiger partial charge in [-0.1, -0.05) is 19.9 Å². The highest BCUT2D eigenvalue weighted by molar-refractivity contribution is 5.92. The van der Waals surface area contributed by atoms with E-state index >= 15 is 0 Å². The fourth-order valence-corrected chi connectivity index (χ4v) is 4.97. The normalized spacial score (nSPS) is 15.7. The molecule has 0 spiro atoms. The molecule has 33 heavy (non-hydrogen) atoms.